The van der Waals surface area contributed by atoms with Crippen LogP contribution in [0.3, 0.4) is 0 Å². The maximum Gasteiger partial charge on any atom is 0.320 e. The van der Waals surface area contributed by atoms with Crippen molar-refractivity contribution in [2.24, 2.45) is 0 Å². The monoisotopic (exact) mass is 432 g/mol. The number of thioether (sulfide) groups is 1. The van der Waals surface area contributed by atoms with Gasteiger partial charge >= 0.3 is 5.97 Å². The SMILES string of the molecule is COc1cc(CNC(CCSC)C(=O)O)ccc1OCC(=O)Nc1ccc(C)cc1. The molecule has 8 heteroatoms. The van der Waals surface area contributed by atoms with Crippen LogP contribution in [0.2, 0.25) is 0 Å². The minimum Gasteiger partial charge on any atom is -0.493 e. The van der Waals surface area contributed by atoms with E-state index in [0.29, 0.717) is 30.2 Å². The fraction of sp³-hybridized carbons (Fsp3) is 0.364. The van der Waals surface area contributed by atoms with E-state index in [-0.39, 0.29) is 12.5 Å². The highest BCUT2D eigenvalue weighted by atomic mass is 32.2. The molecular formula is C22H28N2O5S. The molecule has 162 valence electrons. The van der Waals surface area contributed by atoms with E-state index in [1.165, 1.54) is 7.11 Å². The van der Waals surface area contributed by atoms with Gasteiger partial charge in [-0.3, -0.25) is 9.59 Å². The van der Waals surface area contributed by atoms with Gasteiger partial charge in [-0.05, 0) is 55.2 Å². The highest BCUT2D eigenvalue weighted by molar-refractivity contribution is 7.98. The van der Waals surface area contributed by atoms with E-state index in [2.05, 4.69) is 10.6 Å². The van der Waals surface area contributed by atoms with Gasteiger partial charge in [-0.15, -0.1) is 0 Å². The Morgan fingerprint density at radius 3 is 2.50 bits per heavy atom. The number of ether oxygens (including phenoxy) is 2. The normalized spacial score (nSPS) is 11.6. The van der Waals surface area contributed by atoms with Crippen LogP contribution < -0.4 is 20.1 Å². The summed E-state index contributed by atoms with van der Waals surface area (Å²) in [6.45, 7) is 2.21. The quantitative estimate of drug-likeness (QED) is 0.473. The van der Waals surface area contributed by atoms with Crippen molar-refractivity contribution < 1.29 is 24.2 Å². The van der Waals surface area contributed by atoms with Crippen molar-refractivity contribution in [2.75, 3.05) is 31.0 Å². The second kappa shape index (κ2) is 12.1. The van der Waals surface area contributed by atoms with Crippen LogP contribution in [0.25, 0.3) is 0 Å². The molecule has 0 spiro atoms. The highest BCUT2D eigenvalue weighted by Gasteiger charge is 2.16. The predicted octanol–water partition coefficient (Wildman–Crippen LogP) is 3.32. The number of aliphatic carboxylic acids is 1. The Balaban J connectivity index is 1.92. The highest BCUT2D eigenvalue weighted by Crippen LogP contribution is 2.28. The number of methoxy groups -OCH3 is 1. The number of carboxylic acids is 1. The number of anilines is 1. The number of rotatable bonds is 12. The van der Waals surface area contributed by atoms with Crippen molar-refractivity contribution >= 4 is 29.3 Å². The molecule has 0 aliphatic heterocycles. The average molecular weight is 433 g/mol. The Morgan fingerprint density at radius 1 is 1.13 bits per heavy atom. The lowest BCUT2D eigenvalue weighted by Gasteiger charge is -2.15. The van der Waals surface area contributed by atoms with Crippen molar-refractivity contribution in [3.05, 3.63) is 53.6 Å². The third-order valence-electron chi connectivity index (χ3n) is 4.38. The van der Waals surface area contributed by atoms with Crippen LogP contribution in [-0.4, -0.2) is 48.8 Å². The third kappa shape index (κ3) is 7.61. The van der Waals surface area contributed by atoms with E-state index in [0.717, 1.165) is 16.9 Å². The fourth-order valence-corrected chi connectivity index (χ4v) is 3.18. The minimum atomic E-state index is -0.865. The number of carbonyl (C=O) groups is 2. The molecule has 0 bridgehead atoms. The Morgan fingerprint density at radius 2 is 1.87 bits per heavy atom. The zero-order valence-corrected chi connectivity index (χ0v) is 18.3. The van der Waals surface area contributed by atoms with Gasteiger partial charge in [-0.2, -0.15) is 11.8 Å². The summed E-state index contributed by atoms with van der Waals surface area (Å²) in [5, 5.41) is 15.1. The molecule has 0 heterocycles. The topological polar surface area (TPSA) is 96.9 Å². The summed E-state index contributed by atoms with van der Waals surface area (Å²) in [7, 11) is 1.52. The molecule has 1 atom stereocenters. The van der Waals surface area contributed by atoms with Gasteiger partial charge in [0.05, 0.1) is 7.11 Å². The second-order valence-corrected chi connectivity index (χ2v) is 7.73. The number of carbonyl (C=O) groups excluding carboxylic acids is 1. The summed E-state index contributed by atoms with van der Waals surface area (Å²) in [4.78, 5) is 23.5. The Labute approximate surface area is 181 Å². The van der Waals surface area contributed by atoms with Gasteiger partial charge in [0.15, 0.2) is 18.1 Å². The molecule has 0 fully saturated rings. The van der Waals surface area contributed by atoms with Crippen LogP contribution in [0.5, 0.6) is 11.5 Å². The maximum absolute atomic E-state index is 12.1. The van der Waals surface area contributed by atoms with Crippen molar-refractivity contribution in [3.8, 4) is 11.5 Å². The first-order chi connectivity index (χ1) is 14.4. The Kier molecular flexibility index (Phi) is 9.50. The van der Waals surface area contributed by atoms with E-state index in [4.69, 9.17) is 9.47 Å². The first-order valence-electron chi connectivity index (χ1n) is 9.54. The van der Waals surface area contributed by atoms with Gasteiger partial charge in [0.25, 0.3) is 5.91 Å². The van der Waals surface area contributed by atoms with Gasteiger partial charge in [0.2, 0.25) is 0 Å². The molecule has 2 rings (SSSR count). The molecule has 3 N–H and O–H groups in total. The molecule has 0 radical (unpaired) electrons. The van der Waals surface area contributed by atoms with Gasteiger partial charge in [0.1, 0.15) is 6.04 Å². The maximum atomic E-state index is 12.1. The molecular weight excluding hydrogens is 404 g/mol. The van der Waals surface area contributed by atoms with Gasteiger partial charge in [-0.1, -0.05) is 23.8 Å². The summed E-state index contributed by atoms with van der Waals surface area (Å²) in [6.07, 6.45) is 2.49. The molecule has 2 aromatic rings. The van der Waals surface area contributed by atoms with E-state index >= 15 is 0 Å². The largest absolute Gasteiger partial charge is 0.493 e. The van der Waals surface area contributed by atoms with Crippen LogP contribution in [0, 0.1) is 6.92 Å². The van der Waals surface area contributed by atoms with Crippen molar-refractivity contribution in [3.63, 3.8) is 0 Å². The van der Waals surface area contributed by atoms with E-state index in [1.54, 1.807) is 23.9 Å². The first kappa shape index (κ1) is 23.6. The lowest BCUT2D eigenvalue weighted by molar-refractivity contribution is -0.139. The molecule has 1 amide bonds. The molecule has 1 unspecified atom stereocenters. The zero-order chi connectivity index (χ0) is 21.9. The van der Waals surface area contributed by atoms with Crippen LogP contribution in [-0.2, 0) is 16.1 Å². The average Bonchev–Trinajstić information content (AvgIpc) is 2.74. The Bertz CT molecular complexity index is 842. The number of aryl methyl sites for hydroxylation is 1. The Hall–Kier alpha value is -2.71. The van der Waals surface area contributed by atoms with E-state index in [9.17, 15) is 14.7 Å². The lowest BCUT2D eigenvalue weighted by atomic mass is 10.1. The van der Waals surface area contributed by atoms with E-state index < -0.39 is 12.0 Å². The van der Waals surface area contributed by atoms with Crippen molar-refractivity contribution in [2.45, 2.75) is 25.9 Å². The smallest absolute Gasteiger partial charge is 0.320 e. The van der Waals surface area contributed by atoms with Crippen LogP contribution in [0.15, 0.2) is 42.5 Å². The zero-order valence-electron chi connectivity index (χ0n) is 17.4. The number of nitrogens with one attached hydrogen (secondary N) is 2. The van der Waals surface area contributed by atoms with Gasteiger partial charge < -0.3 is 25.2 Å². The predicted molar refractivity (Wildman–Crippen MR) is 120 cm³/mol. The number of benzene rings is 2. The summed E-state index contributed by atoms with van der Waals surface area (Å²) in [6, 6.07) is 12.2. The third-order valence-corrected chi connectivity index (χ3v) is 5.03. The lowest BCUT2D eigenvalue weighted by Crippen LogP contribution is -2.36. The van der Waals surface area contributed by atoms with Crippen LogP contribution in [0.1, 0.15) is 17.5 Å². The first-order valence-corrected chi connectivity index (χ1v) is 10.9. The molecule has 2 aromatic carbocycles. The molecule has 0 aliphatic carbocycles. The second-order valence-electron chi connectivity index (χ2n) is 6.74. The van der Waals surface area contributed by atoms with Crippen molar-refractivity contribution in [1.29, 1.82) is 0 Å². The number of hydrogen-bond donors (Lipinski definition) is 3. The van der Waals surface area contributed by atoms with Crippen molar-refractivity contribution in [1.82, 2.24) is 5.32 Å². The molecule has 0 saturated heterocycles. The summed E-state index contributed by atoms with van der Waals surface area (Å²) in [5.74, 6) is 0.552. The summed E-state index contributed by atoms with van der Waals surface area (Å²) < 4.78 is 11.0. The molecule has 0 aromatic heterocycles. The van der Waals surface area contributed by atoms with Crippen LogP contribution >= 0.6 is 11.8 Å². The number of hydrogen-bond acceptors (Lipinski definition) is 6. The van der Waals surface area contributed by atoms with Gasteiger partial charge in [0, 0.05) is 12.2 Å². The summed E-state index contributed by atoms with van der Waals surface area (Å²) in [5.41, 5.74) is 2.68. The van der Waals surface area contributed by atoms with E-state index in [1.807, 2.05) is 43.5 Å². The van der Waals surface area contributed by atoms with Gasteiger partial charge in [-0.25, -0.2) is 0 Å². The molecule has 30 heavy (non-hydrogen) atoms. The molecule has 0 saturated carbocycles. The molecule has 7 nitrogen and oxygen atoms in total. The van der Waals surface area contributed by atoms with Crippen LogP contribution in [0.4, 0.5) is 5.69 Å². The molecule has 0 aliphatic rings. The summed E-state index contributed by atoms with van der Waals surface area (Å²) >= 11 is 1.61. The number of carboxylic acid groups (broad SMARTS) is 1. The minimum absolute atomic E-state index is 0.155. The standard InChI is InChI=1S/C22H28N2O5S/c1-15-4-7-17(8-5-15)24-21(25)14-29-19-9-6-16(12-20(19)28-2)13-23-18(22(26)27)10-11-30-3/h4-9,12,18,23H,10-11,13-14H2,1-3H3,(H,24,25)(H,26,27). The fourth-order valence-electron chi connectivity index (χ4n) is 2.71. The number of amides is 1.